The van der Waals surface area contributed by atoms with Crippen LogP contribution in [0, 0.1) is 0 Å². The molecular formula is C12H6S3. The summed E-state index contributed by atoms with van der Waals surface area (Å²) in [5, 5.41) is 7.49. The molecule has 0 fully saturated rings. The zero-order valence-electron chi connectivity index (χ0n) is 7.69. The molecule has 0 aliphatic rings. The Morgan fingerprint density at radius 3 is 1.73 bits per heavy atom. The lowest BCUT2D eigenvalue weighted by atomic mass is 10.2. The Morgan fingerprint density at radius 1 is 0.667 bits per heavy atom. The molecule has 0 radical (unpaired) electrons. The summed E-state index contributed by atoms with van der Waals surface area (Å²) in [4.78, 5) is 0. The Labute approximate surface area is 98.4 Å². The second-order valence-corrected chi connectivity index (χ2v) is 6.40. The predicted molar refractivity (Wildman–Crippen MR) is 72.6 cm³/mol. The maximum atomic E-state index is 2.28. The van der Waals surface area contributed by atoms with Gasteiger partial charge in [0.1, 0.15) is 0 Å². The molecule has 0 amide bonds. The normalized spacial score (nSPS) is 12.0. The van der Waals surface area contributed by atoms with Crippen LogP contribution in [0.15, 0.2) is 35.0 Å². The molecule has 72 valence electrons. The van der Waals surface area contributed by atoms with Crippen LogP contribution < -0.4 is 0 Å². The van der Waals surface area contributed by atoms with Crippen LogP contribution in [-0.2, 0) is 0 Å². The molecule has 3 heteroatoms. The van der Waals surface area contributed by atoms with E-state index < -0.39 is 0 Å². The van der Waals surface area contributed by atoms with Gasteiger partial charge in [-0.2, -0.15) is 0 Å². The number of hydrogen-bond acceptors (Lipinski definition) is 3. The second kappa shape index (κ2) is 2.82. The summed E-state index contributed by atoms with van der Waals surface area (Å²) in [6.07, 6.45) is 0. The minimum absolute atomic E-state index is 1.40. The van der Waals surface area contributed by atoms with Gasteiger partial charge in [-0.15, -0.1) is 34.0 Å². The van der Waals surface area contributed by atoms with Gasteiger partial charge < -0.3 is 0 Å². The van der Waals surface area contributed by atoms with Crippen LogP contribution in [0.3, 0.4) is 0 Å². The van der Waals surface area contributed by atoms with Crippen molar-refractivity contribution in [1.82, 2.24) is 0 Å². The first kappa shape index (κ1) is 8.28. The van der Waals surface area contributed by atoms with E-state index in [0.717, 1.165) is 0 Å². The first-order valence-corrected chi connectivity index (χ1v) is 7.27. The van der Waals surface area contributed by atoms with Crippen molar-refractivity contribution in [3.05, 3.63) is 35.0 Å². The van der Waals surface area contributed by atoms with E-state index in [1.54, 1.807) is 0 Å². The largest absolute Gasteiger partial charge is 0.142 e. The zero-order chi connectivity index (χ0) is 9.83. The molecule has 0 spiro atoms. The molecule has 3 aromatic heterocycles. The molecule has 1 aromatic carbocycles. The van der Waals surface area contributed by atoms with Crippen LogP contribution in [0.2, 0.25) is 0 Å². The van der Waals surface area contributed by atoms with Crippen molar-refractivity contribution in [1.29, 1.82) is 0 Å². The smallest absolute Gasteiger partial charge is 0.0469 e. The van der Waals surface area contributed by atoms with Gasteiger partial charge in [-0.25, -0.2) is 0 Å². The van der Waals surface area contributed by atoms with E-state index in [4.69, 9.17) is 0 Å². The number of thiophene rings is 3. The minimum Gasteiger partial charge on any atom is -0.142 e. The molecular weight excluding hydrogens is 240 g/mol. The van der Waals surface area contributed by atoms with Crippen molar-refractivity contribution in [3.63, 3.8) is 0 Å². The third kappa shape index (κ3) is 1.00. The molecule has 0 unspecified atom stereocenters. The lowest BCUT2D eigenvalue weighted by Gasteiger charge is -1.86. The van der Waals surface area contributed by atoms with Crippen LogP contribution in [0.5, 0.6) is 0 Å². The SMILES string of the molecule is c1ccc2scc3sc4csc(c1)c4c23. The summed E-state index contributed by atoms with van der Waals surface area (Å²) in [6.45, 7) is 0. The van der Waals surface area contributed by atoms with E-state index in [1.807, 2.05) is 34.0 Å². The third-order valence-corrected chi connectivity index (χ3v) is 5.93. The fourth-order valence-electron chi connectivity index (χ4n) is 2.01. The Morgan fingerprint density at radius 2 is 1.20 bits per heavy atom. The van der Waals surface area contributed by atoms with Crippen molar-refractivity contribution in [2.45, 2.75) is 0 Å². The summed E-state index contributed by atoms with van der Waals surface area (Å²) >= 11 is 5.61. The average Bonchev–Trinajstić information content (AvgIpc) is 2.78. The summed E-state index contributed by atoms with van der Waals surface area (Å²) < 4.78 is 5.68. The number of hydrogen-bond donors (Lipinski definition) is 0. The maximum Gasteiger partial charge on any atom is 0.0469 e. The van der Waals surface area contributed by atoms with Gasteiger partial charge >= 0.3 is 0 Å². The standard InChI is InChI=1S/C12H6S3/c1-2-4-8-12-10(6-14-8)15-9-5-13-7(3-1)11(9)12/h1-6H. The molecule has 0 atom stereocenters. The van der Waals surface area contributed by atoms with Gasteiger partial charge in [0.2, 0.25) is 0 Å². The molecule has 0 bridgehead atoms. The van der Waals surface area contributed by atoms with Crippen molar-refractivity contribution in [2.75, 3.05) is 0 Å². The topological polar surface area (TPSA) is 0 Å². The average molecular weight is 246 g/mol. The van der Waals surface area contributed by atoms with E-state index in [0.29, 0.717) is 0 Å². The number of rotatable bonds is 0. The highest BCUT2D eigenvalue weighted by molar-refractivity contribution is 7.33. The molecule has 0 aliphatic carbocycles. The lowest BCUT2D eigenvalue weighted by Crippen LogP contribution is -1.59. The van der Waals surface area contributed by atoms with E-state index in [-0.39, 0.29) is 0 Å². The molecule has 4 aromatic rings. The molecule has 15 heavy (non-hydrogen) atoms. The summed E-state index contributed by atoms with van der Waals surface area (Å²) in [5.41, 5.74) is 0. The highest BCUT2D eigenvalue weighted by Gasteiger charge is 2.11. The quantitative estimate of drug-likeness (QED) is 0.393. The summed E-state index contributed by atoms with van der Waals surface area (Å²) in [7, 11) is 0. The lowest BCUT2D eigenvalue weighted by molar-refractivity contribution is 1.91. The zero-order valence-corrected chi connectivity index (χ0v) is 10.1. The molecule has 0 N–H and O–H groups in total. The fourth-order valence-corrected chi connectivity index (χ4v) is 5.35. The third-order valence-electron chi connectivity index (χ3n) is 2.65. The van der Waals surface area contributed by atoms with Crippen LogP contribution in [0.25, 0.3) is 29.6 Å². The molecule has 0 saturated heterocycles. The van der Waals surface area contributed by atoms with Gasteiger partial charge in [0.25, 0.3) is 0 Å². The van der Waals surface area contributed by atoms with E-state index in [1.165, 1.54) is 29.6 Å². The van der Waals surface area contributed by atoms with Gasteiger partial charge in [-0.1, -0.05) is 12.1 Å². The van der Waals surface area contributed by atoms with Crippen molar-refractivity contribution >= 4 is 63.6 Å². The molecule has 0 aliphatic heterocycles. The van der Waals surface area contributed by atoms with Crippen LogP contribution in [-0.4, -0.2) is 0 Å². The van der Waals surface area contributed by atoms with Crippen molar-refractivity contribution in [2.24, 2.45) is 0 Å². The van der Waals surface area contributed by atoms with E-state index in [9.17, 15) is 0 Å². The summed E-state index contributed by atoms with van der Waals surface area (Å²) in [5.74, 6) is 0. The molecule has 3 heterocycles. The summed E-state index contributed by atoms with van der Waals surface area (Å²) in [6, 6.07) is 8.71. The Balaban J connectivity index is 2.53. The van der Waals surface area contributed by atoms with Crippen molar-refractivity contribution < 1.29 is 0 Å². The van der Waals surface area contributed by atoms with Crippen LogP contribution in [0.1, 0.15) is 0 Å². The van der Waals surface area contributed by atoms with E-state index >= 15 is 0 Å². The van der Waals surface area contributed by atoms with Gasteiger partial charge in [0.05, 0.1) is 0 Å². The van der Waals surface area contributed by atoms with Gasteiger partial charge in [-0.05, 0) is 12.1 Å². The van der Waals surface area contributed by atoms with E-state index in [2.05, 4.69) is 35.0 Å². The predicted octanol–water partition coefficient (Wildman–Crippen LogP) is 5.33. The van der Waals surface area contributed by atoms with Gasteiger partial charge in [0.15, 0.2) is 0 Å². The molecule has 4 rings (SSSR count). The first-order chi connectivity index (χ1) is 7.43. The Kier molecular flexibility index (Phi) is 1.55. The monoisotopic (exact) mass is 246 g/mol. The van der Waals surface area contributed by atoms with Gasteiger partial charge in [-0.3, -0.25) is 0 Å². The Bertz CT molecular complexity index is 705. The van der Waals surface area contributed by atoms with Crippen LogP contribution >= 0.6 is 34.0 Å². The first-order valence-electron chi connectivity index (χ1n) is 4.69. The van der Waals surface area contributed by atoms with Crippen LogP contribution in [0.4, 0.5) is 0 Å². The van der Waals surface area contributed by atoms with Gasteiger partial charge in [0, 0.05) is 40.3 Å². The highest BCUT2D eigenvalue weighted by atomic mass is 32.1. The molecule has 0 saturated carbocycles. The minimum atomic E-state index is 1.40. The van der Waals surface area contributed by atoms with Crippen molar-refractivity contribution in [3.8, 4) is 0 Å². The Hall–Kier alpha value is -0.900. The highest BCUT2D eigenvalue weighted by Crippen LogP contribution is 2.44. The molecule has 0 nitrogen and oxygen atoms in total. The maximum absolute atomic E-state index is 2.28. The fraction of sp³-hybridized carbons (Fsp3) is 0. The second-order valence-electron chi connectivity index (χ2n) is 3.50.